The Kier molecular flexibility index (Phi) is 6.12. The van der Waals surface area contributed by atoms with Crippen LogP contribution in [0.1, 0.15) is 12.5 Å². The molecule has 0 aliphatic heterocycles. The summed E-state index contributed by atoms with van der Waals surface area (Å²) < 4.78 is 0. The van der Waals surface area contributed by atoms with Crippen molar-refractivity contribution in [3.05, 3.63) is 52.0 Å². The van der Waals surface area contributed by atoms with Crippen LogP contribution < -0.4 is 5.73 Å². The van der Waals surface area contributed by atoms with Gasteiger partial charge in [-0.3, -0.25) is 0 Å². The first-order valence-electron chi connectivity index (χ1n) is 6.23. The molecule has 0 heterocycles. The van der Waals surface area contributed by atoms with Crippen molar-refractivity contribution in [2.24, 2.45) is 5.73 Å². The quantitative estimate of drug-likeness (QED) is 0.703. The molecule has 5 heteroatoms. The lowest BCUT2D eigenvalue weighted by atomic mass is 10.2. The summed E-state index contributed by atoms with van der Waals surface area (Å²) in [6.07, 6.45) is 0. The van der Waals surface area contributed by atoms with Gasteiger partial charge in [-0.25, -0.2) is 0 Å². The van der Waals surface area contributed by atoms with E-state index in [1.54, 1.807) is 11.8 Å². The van der Waals surface area contributed by atoms with Crippen molar-refractivity contribution in [2.75, 3.05) is 5.75 Å². The first-order valence-corrected chi connectivity index (χ1v) is 8.79. The van der Waals surface area contributed by atoms with E-state index >= 15 is 0 Å². The summed E-state index contributed by atoms with van der Waals surface area (Å²) >= 11 is 15.5. The van der Waals surface area contributed by atoms with E-state index in [2.05, 4.69) is 25.1 Å². The normalized spacial score (nSPS) is 10.8. The predicted octanol–water partition coefficient (Wildman–Crippen LogP) is 5.72. The van der Waals surface area contributed by atoms with Crippen molar-refractivity contribution in [1.29, 1.82) is 0 Å². The van der Waals surface area contributed by atoms with Gasteiger partial charge in [0, 0.05) is 21.2 Å². The molecule has 0 saturated carbocycles. The van der Waals surface area contributed by atoms with Crippen LogP contribution in [0.3, 0.4) is 0 Å². The Morgan fingerprint density at radius 1 is 1.05 bits per heavy atom. The van der Waals surface area contributed by atoms with Gasteiger partial charge in [0.25, 0.3) is 0 Å². The molecule has 0 bridgehead atoms. The fraction of sp³-hybridized carbons (Fsp3) is 0.200. The number of thioether (sulfide) groups is 1. The number of halogens is 2. The summed E-state index contributed by atoms with van der Waals surface area (Å²) in [5.74, 6) is 1.04. The van der Waals surface area contributed by atoms with Crippen molar-refractivity contribution in [2.45, 2.75) is 28.2 Å². The smallest absolute Gasteiger partial charge is 0.0603 e. The van der Waals surface area contributed by atoms with E-state index in [4.69, 9.17) is 28.9 Å². The Balaban J connectivity index is 2.32. The van der Waals surface area contributed by atoms with Crippen molar-refractivity contribution >= 4 is 46.7 Å². The van der Waals surface area contributed by atoms with E-state index < -0.39 is 0 Å². The summed E-state index contributed by atoms with van der Waals surface area (Å²) in [7, 11) is 0. The van der Waals surface area contributed by atoms with Gasteiger partial charge in [0.05, 0.1) is 10.0 Å². The molecule has 0 aromatic heterocycles. The Bertz CT molecular complexity index is 602. The molecule has 1 nitrogen and oxygen atoms in total. The van der Waals surface area contributed by atoms with Crippen LogP contribution in [0.25, 0.3) is 0 Å². The van der Waals surface area contributed by atoms with Crippen LogP contribution in [0.4, 0.5) is 0 Å². The van der Waals surface area contributed by atoms with Gasteiger partial charge in [0.1, 0.15) is 0 Å². The topological polar surface area (TPSA) is 26.0 Å². The van der Waals surface area contributed by atoms with Crippen molar-refractivity contribution < 1.29 is 0 Å². The average molecular weight is 344 g/mol. The van der Waals surface area contributed by atoms with Gasteiger partial charge in [-0.05, 0) is 41.6 Å². The fourth-order valence-corrected chi connectivity index (χ4v) is 4.11. The highest BCUT2D eigenvalue weighted by Gasteiger charge is 2.09. The molecule has 2 aromatic carbocycles. The third kappa shape index (κ3) is 3.86. The minimum atomic E-state index is 0.535. The number of rotatable bonds is 5. The zero-order valence-electron chi connectivity index (χ0n) is 11.0. The van der Waals surface area contributed by atoms with Gasteiger partial charge in [-0.15, -0.1) is 11.8 Å². The summed E-state index contributed by atoms with van der Waals surface area (Å²) in [5, 5.41) is 1.15. The SMILES string of the molecule is CCSc1cccc(Sc2ccc(Cl)c(Cl)c2)c1CN. The summed E-state index contributed by atoms with van der Waals surface area (Å²) in [6, 6.07) is 12.0. The van der Waals surface area contributed by atoms with E-state index in [1.807, 2.05) is 30.0 Å². The van der Waals surface area contributed by atoms with E-state index in [-0.39, 0.29) is 0 Å². The van der Waals surface area contributed by atoms with Gasteiger partial charge in [0.15, 0.2) is 0 Å². The predicted molar refractivity (Wildman–Crippen MR) is 91.3 cm³/mol. The zero-order valence-corrected chi connectivity index (χ0v) is 14.2. The maximum Gasteiger partial charge on any atom is 0.0603 e. The lowest BCUT2D eigenvalue weighted by molar-refractivity contribution is 0.980. The number of hydrogen-bond donors (Lipinski definition) is 1. The highest BCUT2D eigenvalue weighted by atomic mass is 35.5. The molecule has 0 aliphatic rings. The standard InChI is InChI=1S/C15H15Cl2NS2/c1-2-19-14-4-3-5-15(11(14)9-18)20-10-6-7-12(16)13(17)8-10/h3-8H,2,9,18H2,1H3. The second-order valence-corrected chi connectivity index (χ2v) is 7.28. The molecule has 0 radical (unpaired) electrons. The molecule has 0 aliphatic carbocycles. The Hall–Kier alpha value is -0.320. The van der Waals surface area contributed by atoms with Gasteiger partial charge >= 0.3 is 0 Å². The van der Waals surface area contributed by atoms with Crippen LogP contribution in [0.15, 0.2) is 51.1 Å². The third-order valence-electron chi connectivity index (χ3n) is 2.71. The van der Waals surface area contributed by atoms with E-state index in [0.717, 1.165) is 10.6 Å². The van der Waals surface area contributed by atoms with Crippen LogP contribution in [0, 0.1) is 0 Å². The van der Waals surface area contributed by atoms with Gasteiger partial charge < -0.3 is 5.73 Å². The zero-order chi connectivity index (χ0) is 14.5. The molecule has 2 aromatic rings. The molecule has 0 unspecified atom stereocenters. The Morgan fingerprint density at radius 2 is 1.80 bits per heavy atom. The number of benzene rings is 2. The fourth-order valence-electron chi connectivity index (χ4n) is 1.80. The van der Waals surface area contributed by atoms with Crippen LogP contribution in [-0.2, 0) is 6.54 Å². The van der Waals surface area contributed by atoms with Crippen molar-refractivity contribution in [1.82, 2.24) is 0 Å². The maximum absolute atomic E-state index is 6.06. The lowest BCUT2D eigenvalue weighted by Gasteiger charge is -2.12. The molecule has 2 rings (SSSR count). The Labute approximate surface area is 138 Å². The first-order chi connectivity index (χ1) is 9.65. The highest BCUT2D eigenvalue weighted by Crippen LogP contribution is 2.37. The second kappa shape index (κ2) is 7.62. The molecule has 0 spiro atoms. The van der Waals surface area contributed by atoms with Crippen LogP contribution in [0.2, 0.25) is 10.0 Å². The average Bonchev–Trinajstić information content (AvgIpc) is 2.44. The van der Waals surface area contributed by atoms with Crippen LogP contribution in [0.5, 0.6) is 0 Å². The minimum absolute atomic E-state index is 0.535. The van der Waals surface area contributed by atoms with Gasteiger partial charge in [0.2, 0.25) is 0 Å². The molecule has 0 saturated heterocycles. The number of nitrogens with two attached hydrogens (primary N) is 1. The minimum Gasteiger partial charge on any atom is -0.326 e. The summed E-state index contributed by atoms with van der Waals surface area (Å²) in [4.78, 5) is 3.48. The molecule has 0 fully saturated rings. The molecular weight excluding hydrogens is 329 g/mol. The highest BCUT2D eigenvalue weighted by molar-refractivity contribution is 8.00. The molecule has 0 atom stereocenters. The monoisotopic (exact) mass is 343 g/mol. The molecule has 106 valence electrons. The largest absolute Gasteiger partial charge is 0.326 e. The second-order valence-electron chi connectivity index (χ2n) is 4.05. The van der Waals surface area contributed by atoms with E-state index in [0.29, 0.717) is 16.6 Å². The van der Waals surface area contributed by atoms with Crippen LogP contribution >= 0.6 is 46.7 Å². The molecular formula is C15H15Cl2NS2. The molecule has 2 N–H and O–H groups in total. The molecule has 0 amide bonds. The van der Waals surface area contributed by atoms with Crippen molar-refractivity contribution in [3.8, 4) is 0 Å². The number of hydrogen-bond acceptors (Lipinski definition) is 3. The Morgan fingerprint density at radius 3 is 2.45 bits per heavy atom. The first kappa shape index (κ1) is 16.1. The molecule has 20 heavy (non-hydrogen) atoms. The van der Waals surface area contributed by atoms with Gasteiger partial charge in [-0.2, -0.15) is 0 Å². The van der Waals surface area contributed by atoms with Gasteiger partial charge in [-0.1, -0.05) is 48.0 Å². The van der Waals surface area contributed by atoms with Crippen molar-refractivity contribution in [3.63, 3.8) is 0 Å². The summed E-state index contributed by atoms with van der Waals surface area (Å²) in [6.45, 7) is 2.68. The maximum atomic E-state index is 6.06. The van der Waals surface area contributed by atoms with E-state index in [1.165, 1.54) is 15.4 Å². The summed E-state index contributed by atoms with van der Waals surface area (Å²) in [5.41, 5.74) is 7.11. The third-order valence-corrected chi connectivity index (χ3v) is 5.53. The van der Waals surface area contributed by atoms with E-state index in [9.17, 15) is 0 Å². The van der Waals surface area contributed by atoms with Crippen LogP contribution in [-0.4, -0.2) is 5.75 Å². The lowest BCUT2D eigenvalue weighted by Crippen LogP contribution is -2.00.